The predicted octanol–water partition coefficient (Wildman–Crippen LogP) is 3.96. The van der Waals surface area contributed by atoms with E-state index in [2.05, 4.69) is 20.8 Å². The lowest BCUT2D eigenvalue weighted by atomic mass is 9.85. The predicted molar refractivity (Wildman–Crippen MR) is 84.1 cm³/mol. The monoisotopic (exact) mass is 307 g/mol. The molecular weight excluding hydrogens is 282 g/mol. The van der Waals surface area contributed by atoms with E-state index in [1.807, 2.05) is 30.3 Å². The topological polar surface area (TPSA) is 61.6 Å². The average Bonchev–Trinajstić information content (AvgIpc) is 2.46. The van der Waals surface area contributed by atoms with Crippen molar-refractivity contribution in [3.8, 4) is 0 Å². The molecule has 122 valence electrons. The van der Waals surface area contributed by atoms with Crippen LogP contribution in [0, 0.1) is 15.5 Å². The molecule has 1 aliphatic rings. The van der Waals surface area contributed by atoms with Crippen molar-refractivity contribution < 1.29 is 14.4 Å². The number of nitro groups is 1. The number of benzene rings is 1. The largest absolute Gasteiger partial charge is 0.349 e. The number of nitrogens with zero attached hydrogens (tertiary/aromatic N) is 1. The lowest BCUT2D eigenvalue weighted by Gasteiger charge is -2.38. The summed E-state index contributed by atoms with van der Waals surface area (Å²) in [4.78, 5) is 10.6. The van der Waals surface area contributed by atoms with Gasteiger partial charge in [-0.25, -0.2) is 0 Å². The van der Waals surface area contributed by atoms with Crippen molar-refractivity contribution in [2.75, 3.05) is 6.54 Å². The van der Waals surface area contributed by atoms with Crippen molar-refractivity contribution in [2.45, 2.75) is 58.5 Å². The third kappa shape index (κ3) is 4.78. The molecular formula is C17H25NO4. The smallest absolute Gasteiger partial charge is 0.233 e. The number of rotatable bonds is 5. The minimum Gasteiger partial charge on any atom is -0.349 e. The molecule has 0 bridgehead atoms. The third-order valence-corrected chi connectivity index (χ3v) is 3.99. The van der Waals surface area contributed by atoms with Crippen LogP contribution in [-0.2, 0) is 9.47 Å². The van der Waals surface area contributed by atoms with Crippen molar-refractivity contribution in [1.29, 1.82) is 0 Å². The molecule has 1 aromatic carbocycles. The molecule has 1 saturated heterocycles. The van der Waals surface area contributed by atoms with Gasteiger partial charge in [-0.1, -0.05) is 51.1 Å². The van der Waals surface area contributed by atoms with Crippen LogP contribution in [0.1, 0.15) is 51.7 Å². The SMILES string of the molecule is CC(C)(C)[C@H]1CCC[C@@H](O[C@@H](C[N+](=O)[O-])c2ccccc2)O1. The summed E-state index contributed by atoms with van der Waals surface area (Å²) in [5.41, 5.74) is 0.869. The van der Waals surface area contributed by atoms with Crippen LogP contribution in [-0.4, -0.2) is 23.9 Å². The first-order chi connectivity index (χ1) is 10.4. The fourth-order valence-electron chi connectivity index (χ4n) is 2.74. The zero-order valence-corrected chi connectivity index (χ0v) is 13.5. The van der Waals surface area contributed by atoms with Gasteiger partial charge in [-0.05, 0) is 30.2 Å². The van der Waals surface area contributed by atoms with Crippen LogP contribution in [0.25, 0.3) is 0 Å². The van der Waals surface area contributed by atoms with Gasteiger partial charge in [0.1, 0.15) is 6.10 Å². The number of hydrogen-bond donors (Lipinski definition) is 0. The lowest BCUT2D eigenvalue weighted by molar-refractivity contribution is -0.496. The summed E-state index contributed by atoms with van der Waals surface area (Å²) in [6, 6.07) is 9.34. The van der Waals surface area contributed by atoms with Gasteiger partial charge in [-0.15, -0.1) is 0 Å². The zero-order valence-electron chi connectivity index (χ0n) is 13.5. The van der Waals surface area contributed by atoms with Crippen molar-refractivity contribution in [2.24, 2.45) is 5.41 Å². The van der Waals surface area contributed by atoms with E-state index in [4.69, 9.17) is 9.47 Å². The van der Waals surface area contributed by atoms with Gasteiger partial charge in [0.15, 0.2) is 6.29 Å². The summed E-state index contributed by atoms with van der Waals surface area (Å²) in [5.74, 6) is 0. The Kier molecular flexibility index (Phi) is 5.53. The van der Waals surface area contributed by atoms with E-state index in [0.717, 1.165) is 24.8 Å². The summed E-state index contributed by atoms with van der Waals surface area (Å²) >= 11 is 0. The van der Waals surface area contributed by atoms with Crippen LogP contribution in [0.5, 0.6) is 0 Å². The summed E-state index contributed by atoms with van der Waals surface area (Å²) < 4.78 is 12.0. The second-order valence-corrected chi connectivity index (χ2v) is 6.90. The lowest BCUT2D eigenvalue weighted by Crippen LogP contribution is -2.39. The molecule has 0 saturated carbocycles. The molecule has 1 aromatic rings. The number of hydrogen-bond acceptors (Lipinski definition) is 4. The minimum atomic E-state index is -0.570. The van der Waals surface area contributed by atoms with E-state index in [1.165, 1.54) is 0 Å². The normalized spacial score (nSPS) is 24.0. The molecule has 1 fully saturated rings. The van der Waals surface area contributed by atoms with E-state index in [9.17, 15) is 10.1 Å². The Morgan fingerprint density at radius 2 is 2.00 bits per heavy atom. The Bertz CT molecular complexity index is 483. The average molecular weight is 307 g/mol. The molecule has 2 rings (SSSR count). The van der Waals surface area contributed by atoms with E-state index in [0.29, 0.717) is 0 Å². The molecule has 3 atom stereocenters. The zero-order chi connectivity index (χ0) is 16.2. The highest BCUT2D eigenvalue weighted by Crippen LogP contribution is 2.34. The first-order valence-electron chi connectivity index (χ1n) is 7.84. The van der Waals surface area contributed by atoms with Gasteiger partial charge in [0.05, 0.1) is 6.10 Å². The van der Waals surface area contributed by atoms with Crippen LogP contribution in [0.4, 0.5) is 0 Å². The molecule has 5 nitrogen and oxygen atoms in total. The van der Waals surface area contributed by atoms with Crippen LogP contribution in [0.2, 0.25) is 0 Å². The van der Waals surface area contributed by atoms with Gasteiger partial charge < -0.3 is 9.47 Å². The molecule has 0 aliphatic carbocycles. The molecule has 0 N–H and O–H groups in total. The van der Waals surface area contributed by atoms with Gasteiger partial charge in [-0.3, -0.25) is 10.1 Å². The molecule has 0 amide bonds. The maximum Gasteiger partial charge on any atom is 0.233 e. The summed E-state index contributed by atoms with van der Waals surface area (Å²) in [5, 5.41) is 10.9. The van der Waals surface area contributed by atoms with Crippen molar-refractivity contribution in [1.82, 2.24) is 0 Å². The molecule has 0 aromatic heterocycles. The first-order valence-corrected chi connectivity index (χ1v) is 7.84. The number of ether oxygens (including phenoxy) is 2. The highest BCUT2D eigenvalue weighted by Gasteiger charge is 2.34. The third-order valence-electron chi connectivity index (χ3n) is 3.99. The molecule has 5 heteroatoms. The Morgan fingerprint density at radius 1 is 1.32 bits per heavy atom. The fraction of sp³-hybridized carbons (Fsp3) is 0.647. The molecule has 22 heavy (non-hydrogen) atoms. The Balaban J connectivity index is 2.05. The Morgan fingerprint density at radius 3 is 2.59 bits per heavy atom. The van der Waals surface area contributed by atoms with Crippen molar-refractivity contribution in [3.63, 3.8) is 0 Å². The van der Waals surface area contributed by atoms with E-state index >= 15 is 0 Å². The minimum absolute atomic E-state index is 0.0490. The fourth-order valence-corrected chi connectivity index (χ4v) is 2.74. The van der Waals surface area contributed by atoms with Crippen LogP contribution in [0.3, 0.4) is 0 Å². The second-order valence-electron chi connectivity index (χ2n) is 6.90. The molecule has 0 unspecified atom stereocenters. The van der Waals surface area contributed by atoms with Crippen LogP contribution >= 0.6 is 0 Å². The standard InChI is InChI=1S/C17H25NO4/c1-17(2,3)15-10-7-11-16(22-15)21-14(12-18(19)20)13-8-5-4-6-9-13/h4-6,8-9,14-16H,7,10-12H2,1-3H3/t14-,15+,16-/m0/s1. The van der Waals surface area contributed by atoms with Crippen LogP contribution < -0.4 is 0 Å². The second kappa shape index (κ2) is 7.20. The highest BCUT2D eigenvalue weighted by molar-refractivity contribution is 5.17. The van der Waals surface area contributed by atoms with Gasteiger partial charge in [0.2, 0.25) is 6.54 Å². The Hall–Kier alpha value is -1.46. The van der Waals surface area contributed by atoms with Gasteiger partial charge >= 0.3 is 0 Å². The quantitative estimate of drug-likeness (QED) is 0.610. The summed E-state index contributed by atoms with van der Waals surface area (Å²) in [7, 11) is 0. The molecule has 1 aliphatic heterocycles. The van der Waals surface area contributed by atoms with Crippen molar-refractivity contribution >= 4 is 0 Å². The summed E-state index contributed by atoms with van der Waals surface area (Å²) in [6.07, 6.45) is 2.00. The highest BCUT2D eigenvalue weighted by atomic mass is 16.7. The maximum absolute atomic E-state index is 10.9. The summed E-state index contributed by atoms with van der Waals surface area (Å²) in [6.45, 7) is 6.19. The van der Waals surface area contributed by atoms with Crippen LogP contribution in [0.15, 0.2) is 30.3 Å². The van der Waals surface area contributed by atoms with E-state index in [-0.39, 0.29) is 29.3 Å². The maximum atomic E-state index is 10.9. The van der Waals surface area contributed by atoms with Gasteiger partial charge in [0.25, 0.3) is 0 Å². The Labute approximate surface area is 131 Å². The molecule has 0 spiro atoms. The molecule has 0 radical (unpaired) electrons. The van der Waals surface area contributed by atoms with E-state index < -0.39 is 6.10 Å². The molecule has 1 heterocycles. The van der Waals surface area contributed by atoms with Crippen molar-refractivity contribution in [3.05, 3.63) is 46.0 Å². The van der Waals surface area contributed by atoms with Gasteiger partial charge in [0, 0.05) is 4.92 Å². The van der Waals surface area contributed by atoms with Gasteiger partial charge in [-0.2, -0.15) is 0 Å². The van der Waals surface area contributed by atoms with E-state index in [1.54, 1.807) is 0 Å². The first kappa shape index (κ1) is 16.9.